The molecule has 2 N–H and O–H groups in total. The zero-order valence-corrected chi connectivity index (χ0v) is 9.00. The fourth-order valence-corrected chi connectivity index (χ4v) is 1.17. The molecule has 0 saturated carbocycles. The number of anilines is 1. The first-order valence-electron chi connectivity index (χ1n) is 3.82. The summed E-state index contributed by atoms with van der Waals surface area (Å²) in [4.78, 5) is 0. The summed E-state index contributed by atoms with van der Waals surface area (Å²) in [7, 11) is 0. The SMILES string of the molecule is CC.Cc1c(Cl)cc(N)cc1Cl. The normalized spacial score (nSPS) is 8.75. The second kappa shape index (κ2) is 5.28. The largest absolute Gasteiger partial charge is 0.399 e. The number of nitrogens with two attached hydrogens (primary N) is 1. The van der Waals surface area contributed by atoms with E-state index < -0.39 is 0 Å². The first-order valence-corrected chi connectivity index (χ1v) is 4.58. The lowest BCUT2D eigenvalue weighted by Crippen LogP contribution is -1.86. The molecule has 0 aliphatic carbocycles. The van der Waals surface area contributed by atoms with Crippen LogP contribution in [0.25, 0.3) is 0 Å². The number of hydrogen-bond acceptors (Lipinski definition) is 1. The van der Waals surface area contributed by atoms with E-state index in [0.717, 1.165) is 5.56 Å². The summed E-state index contributed by atoms with van der Waals surface area (Å²) in [6, 6.07) is 3.37. The highest BCUT2D eigenvalue weighted by Crippen LogP contribution is 2.26. The minimum Gasteiger partial charge on any atom is -0.399 e. The zero-order valence-electron chi connectivity index (χ0n) is 7.49. The molecule has 0 aliphatic heterocycles. The summed E-state index contributed by atoms with van der Waals surface area (Å²) >= 11 is 11.5. The van der Waals surface area contributed by atoms with Crippen molar-refractivity contribution in [2.75, 3.05) is 5.73 Å². The maximum Gasteiger partial charge on any atom is 0.0470 e. The van der Waals surface area contributed by atoms with Crippen LogP contribution in [0.1, 0.15) is 19.4 Å². The van der Waals surface area contributed by atoms with Gasteiger partial charge < -0.3 is 5.73 Å². The lowest BCUT2D eigenvalue weighted by Gasteiger charge is -2.01. The average Bonchev–Trinajstić information content (AvgIpc) is 2.04. The summed E-state index contributed by atoms with van der Waals surface area (Å²) < 4.78 is 0. The summed E-state index contributed by atoms with van der Waals surface area (Å²) in [5.41, 5.74) is 6.93. The molecular formula is C9H13Cl2N. The van der Waals surface area contributed by atoms with E-state index in [0.29, 0.717) is 15.7 Å². The molecule has 0 saturated heterocycles. The smallest absolute Gasteiger partial charge is 0.0470 e. The van der Waals surface area contributed by atoms with Crippen molar-refractivity contribution in [2.45, 2.75) is 20.8 Å². The van der Waals surface area contributed by atoms with Crippen LogP contribution in [-0.4, -0.2) is 0 Å². The molecule has 1 aromatic rings. The molecule has 1 aromatic carbocycles. The quantitative estimate of drug-likeness (QED) is 0.640. The molecule has 0 aliphatic rings. The van der Waals surface area contributed by atoms with E-state index in [-0.39, 0.29) is 0 Å². The highest BCUT2D eigenvalue weighted by Gasteiger charge is 2.00. The first-order chi connectivity index (χ1) is 5.61. The van der Waals surface area contributed by atoms with Crippen molar-refractivity contribution in [3.8, 4) is 0 Å². The Morgan fingerprint density at radius 3 is 1.75 bits per heavy atom. The number of rotatable bonds is 0. The molecular weight excluding hydrogens is 193 g/mol. The Morgan fingerprint density at radius 2 is 1.42 bits per heavy atom. The van der Waals surface area contributed by atoms with Gasteiger partial charge in [-0.05, 0) is 24.6 Å². The third-order valence-corrected chi connectivity index (χ3v) is 2.09. The van der Waals surface area contributed by atoms with Crippen LogP contribution >= 0.6 is 23.2 Å². The molecule has 1 nitrogen and oxygen atoms in total. The second-order valence-corrected chi connectivity index (χ2v) is 2.92. The maximum atomic E-state index is 5.75. The third-order valence-electron chi connectivity index (χ3n) is 1.30. The Labute approximate surface area is 83.5 Å². The van der Waals surface area contributed by atoms with Gasteiger partial charge in [0.1, 0.15) is 0 Å². The zero-order chi connectivity index (χ0) is 9.72. The van der Waals surface area contributed by atoms with Crippen LogP contribution < -0.4 is 5.73 Å². The summed E-state index contributed by atoms with van der Waals surface area (Å²) in [5.74, 6) is 0. The van der Waals surface area contributed by atoms with Gasteiger partial charge in [-0.15, -0.1) is 0 Å². The minimum absolute atomic E-state index is 0.598. The van der Waals surface area contributed by atoms with Gasteiger partial charge in [-0.25, -0.2) is 0 Å². The van der Waals surface area contributed by atoms with Crippen LogP contribution in [0.2, 0.25) is 10.0 Å². The van der Waals surface area contributed by atoms with Crippen molar-refractivity contribution in [2.24, 2.45) is 0 Å². The third kappa shape index (κ3) is 2.92. The standard InChI is InChI=1S/C7H7Cl2N.C2H6/c1-4-6(8)2-5(10)3-7(4)9;1-2/h2-3H,10H2,1H3;1-2H3. The number of hydrogen-bond donors (Lipinski definition) is 1. The van der Waals surface area contributed by atoms with E-state index in [1.165, 1.54) is 0 Å². The fraction of sp³-hybridized carbons (Fsp3) is 0.333. The molecule has 3 heteroatoms. The topological polar surface area (TPSA) is 26.0 Å². The van der Waals surface area contributed by atoms with Crippen molar-refractivity contribution in [3.63, 3.8) is 0 Å². The molecule has 0 heterocycles. The van der Waals surface area contributed by atoms with Gasteiger partial charge in [0.2, 0.25) is 0 Å². The van der Waals surface area contributed by atoms with E-state index in [1.54, 1.807) is 12.1 Å². The molecule has 0 radical (unpaired) electrons. The van der Waals surface area contributed by atoms with Crippen molar-refractivity contribution in [1.29, 1.82) is 0 Å². The lowest BCUT2D eigenvalue weighted by molar-refractivity contribution is 1.47. The summed E-state index contributed by atoms with van der Waals surface area (Å²) in [5, 5.41) is 1.23. The van der Waals surface area contributed by atoms with Crippen molar-refractivity contribution < 1.29 is 0 Å². The van der Waals surface area contributed by atoms with Gasteiger partial charge in [0.15, 0.2) is 0 Å². The summed E-state index contributed by atoms with van der Waals surface area (Å²) in [6.45, 7) is 5.85. The van der Waals surface area contributed by atoms with Crippen LogP contribution in [0.5, 0.6) is 0 Å². The molecule has 0 spiro atoms. The van der Waals surface area contributed by atoms with Crippen molar-refractivity contribution >= 4 is 28.9 Å². The molecule has 12 heavy (non-hydrogen) atoms. The fourth-order valence-electron chi connectivity index (χ4n) is 0.665. The summed E-state index contributed by atoms with van der Waals surface area (Å²) in [6.07, 6.45) is 0. The van der Waals surface area contributed by atoms with E-state index in [4.69, 9.17) is 28.9 Å². The number of nitrogen functional groups attached to an aromatic ring is 1. The van der Waals surface area contributed by atoms with Crippen LogP contribution in [0.4, 0.5) is 5.69 Å². The van der Waals surface area contributed by atoms with Crippen LogP contribution in [0.3, 0.4) is 0 Å². The maximum absolute atomic E-state index is 5.75. The van der Waals surface area contributed by atoms with Gasteiger partial charge in [0, 0.05) is 15.7 Å². The van der Waals surface area contributed by atoms with Gasteiger partial charge in [0.25, 0.3) is 0 Å². The van der Waals surface area contributed by atoms with Gasteiger partial charge >= 0.3 is 0 Å². The predicted molar refractivity (Wildman–Crippen MR) is 57.0 cm³/mol. The monoisotopic (exact) mass is 205 g/mol. The molecule has 68 valence electrons. The van der Waals surface area contributed by atoms with Crippen LogP contribution in [0.15, 0.2) is 12.1 Å². The van der Waals surface area contributed by atoms with E-state index >= 15 is 0 Å². The molecule has 0 fully saturated rings. The lowest BCUT2D eigenvalue weighted by atomic mass is 10.2. The second-order valence-electron chi connectivity index (χ2n) is 2.11. The van der Waals surface area contributed by atoms with Crippen LogP contribution in [0, 0.1) is 6.92 Å². The first kappa shape index (κ1) is 11.6. The van der Waals surface area contributed by atoms with Crippen LogP contribution in [-0.2, 0) is 0 Å². The Balaban J connectivity index is 0.000000561. The Hall–Kier alpha value is -0.400. The van der Waals surface area contributed by atoms with E-state index in [2.05, 4.69) is 0 Å². The van der Waals surface area contributed by atoms with Gasteiger partial charge in [0.05, 0.1) is 0 Å². The molecule has 0 atom stereocenters. The average molecular weight is 206 g/mol. The molecule has 0 bridgehead atoms. The van der Waals surface area contributed by atoms with Crippen molar-refractivity contribution in [3.05, 3.63) is 27.7 Å². The Bertz CT molecular complexity index is 236. The molecule has 1 rings (SSSR count). The van der Waals surface area contributed by atoms with Gasteiger partial charge in [-0.3, -0.25) is 0 Å². The van der Waals surface area contributed by atoms with E-state index in [1.807, 2.05) is 20.8 Å². The number of benzene rings is 1. The highest BCUT2D eigenvalue weighted by atomic mass is 35.5. The number of halogens is 2. The van der Waals surface area contributed by atoms with Crippen molar-refractivity contribution in [1.82, 2.24) is 0 Å². The Kier molecular flexibility index (Phi) is 5.11. The minimum atomic E-state index is 0.598. The van der Waals surface area contributed by atoms with Gasteiger partial charge in [-0.2, -0.15) is 0 Å². The molecule has 0 aromatic heterocycles. The molecule has 0 unspecified atom stereocenters. The Morgan fingerprint density at radius 1 is 1.08 bits per heavy atom. The molecule has 0 amide bonds. The van der Waals surface area contributed by atoms with Gasteiger partial charge in [-0.1, -0.05) is 37.0 Å². The van der Waals surface area contributed by atoms with E-state index in [9.17, 15) is 0 Å². The highest BCUT2D eigenvalue weighted by molar-refractivity contribution is 6.36. The predicted octanol–water partition coefficient (Wildman–Crippen LogP) is 3.91.